The van der Waals surface area contributed by atoms with E-state index in [4.69, 9.17) is 28.8 Å². The lowest BCUT2D eigenvalue weighted by molar-refractivity contribution is -0.122. The number of nitrogens with two attached hydrogens (primary N) is 3. The van der Waals surface area contributed by atoms with Crippen molar-refractivity contribution in [3.63, 3.8) is 0 Å². The van der Waals surface area contributed by atoms with Crippen LogP contribution in [0.4, 0.5) is 20.3 Å². The largest absolute Gasteiger partial charge is 0.370 e. The zero-order valence-electron chi connectivity index (χ0n) is 24.8. The summed E-state index contributed by atoms with van der Waals surface area (Å²) in [5.41, 5.74) is 19.2. The van der Waals surface area contributed by atoms with Crippen molar-refractivity contribution in [1.82, 2.24) is 25.0 Å². The molecule has 0 unspecified atom stereocenters. The van der Waals surface area contributed by atoms with Crippen LogP contribution in [0.15, 0.2) is 71.4 Å². The number of rotatable bonds is 16. The van der Waals surface area contributed by atoms with Crippen molar-refractivity contribution in [2.75, 3.05) is 31.6 Å². The molecule has 0 bridgehead atoms. The molecule has 3 aromatic rings. The van der Waals surface area contributed by atoms with E-state index in [-0.39, 0.29) is 41.5 Å². The van der Waals surface area contributed by atoms with Crippen LogP contribution in [0.5, 0.6) is 0 Å². The molecule has 1 atom stereocenters. The number of anilines is 2. The molecule has 0 aliphatic rings. The number of allylic oxidation sites excluding steroid dienone is 5. The first kappa shape index (κ1) is 34.7. The minimum absolute atomic E-state index is 0.0121. The summed E-state index contributed by atoms with van der Waals surface area (Å²) in [6.45, 7) is 5.21. The highest BCUT2D eigenvalue weighted by molar-refractivity contribution is 6.29. The zero-order chi connectivity index (χ0) is 32.9. The number of halogens is 3. The fourth-order valence-corrected chi connectivity index (χ4v) is 4.36. The highest BCUT2D eigenvalue weighted by Crippen LogP contribution is 2.28. The van der Waals surface area contributed by atoms with Crippen LogP contribution in [-0.4, -0.2) is 64.5 Å². The number of carbonyl (C=O) groups is 2. The third-order valence-corrected chi connectivity index (χ3v) is 6.79. The number of amides is 2. The van der Waals surface area contributed by atoms with Gasteiger partial charge in [0, 0.05) is 53.9 Å². The molecule has 12 nitrogen and oxygen atoms in total. The topological polar surface area (TPSA) is 191 Å². The normalized spacial score (nSPS) is 12.5. The van der Waals surface area contributed by atoms with Gasteiger partial charge in [0.1, 0.15) is 12.5 Å². The van der Waals surface area contributed by atoms with E-state index in [1.807, 2.05) is 13.0 Å². The second kappa shape index (κ2) is 16.9. The lowest BCUT2D eigenvalue weighted by Crippen LogP contribution is -2.43. The van der Waals surface area contributed by atoms with Crippen LogP contribution >= 0.6 is 11.6 Å². The Labute approximate surface area is 264 Å². The number of fused-ring (bicyclic) bond motifs is 1. The summed E-state index contributed by atoms with van der Waals surface area (Å²) >= 11 is 5.74. The standard InChI is InChI=1S/C30H37ClF2N10O2/c1-3-19-15-21(7-9-23(19)28(44)38-11-12-39-29(45)24(34)5-4-10-40-30(35)36)42-26-27-41-17-25(43(27)14-13-37-26)22(18(2)33)8-6-20(31)16-32/h6-9,13-15,17,24H,2-5,10-12,16,34H2,1H3,(H,37,42)(H,38,44)(H,39,45)(H4,35,36,40)/b20-6+,22-8+/t24-/m1/s1. The number of imidazole rings is 1. The molecule has 45 heavy (non-hydrogen) atoms. The molecule has 0 saturated heterocycles. The van der Waals surface area contributed by atoms with Crippen LogP contribution in [-0.2, 0) is 11.2 Å². The van der Waals surface area contributed by atoms with Crippen molar-refractivity contribution in [3.05, 3.63) is 83.2 Å². The predicted molar refractivity (Wildman–Crippen MR) is 173 cm³/mol. The van der Waals surface area contributed by atoms with Gasteiger partial charge in [-0.25, -0.2) is 18.7 Å². The molecule has 0 radical (unpaired) electrons. The fourth-order valence-electron chi connectivity index (χ4n) is 4.30. The Morgan fingerprint density at radius 3 is 2.64 bits per heavy atom. The number of benzene rings is 1. The quantitative estimate of drug-likeness (QED) is 0.0594. The number of carbonyl (C=O) groups excluding carboxylic acids is 2. The maximum atomic E-state index is 14.3. The van der Waals surface area contributed by atoms with E-state index in [0.717, 1.165) is 5.56 Å². The molecular formula is C30H37ClF2N10O2. The Balaban J connectivity index is 1.65. The van der Waals surface area contributed by atoms with Crippen molar-refractivity contribution in [2.45, 2.75) is 32.2 Å². The van der Waals surface area contributed by atoms with Crippen LogP contribution in [0.3, 0.4) is 0 Å². The summed E-state index contributed by atoms with van der Waals surface area (Å²) in [4.78, 5) is 37.7. The number of nitrogens with one attached hydrogen (secondary N) is 3. The second-order valence-corrected chi connectivity index (χ2v) is 10.3. The maximum Gasteiger partial charge on any atom is 0.251 e. The summed E-state index contributed by atoms with van der Waals surface area (Å²) in [6.07, 6.45) is 8.72. The van der Waals surface area contributed by atoms with E-state index in [1.54, 1.807) is 22.7 Å². The molecule has 1 aromatic carbocycles. The average Bonchev–Trinajstić information content (AvgIpc) is 3.45. The number of nitrogens with zero attached hydrogens (tertiary/aromatic N) is 4. The molecular weight excluding hydrogens is 606 g/mol. The lowest BCUT2D eigenvalue weighted by atomic mass is 10.0. The molecule has 240 valence electrons. The Kier molecular flexibility index (Phi) is 13.0. The van der Waals surface area contributed by atoms with Crippen molar-refractivity contribution < 1.29 is 18.4 Å². The average molecular weight is 643 g/mol. The Morgan fingerprint density at radius 1 is 1.20 bits per heavy atom. The molecule has 15 heteroatoms. The Morgan fingerprint density at radius 2 is 1.96 bits per heavy atom. The van der Waals surface area contributed by atoms with Gasteiger partial charge in [0.2, 0.25) is 5.91 Å². The number of alkyl halides is 1. The van der Waals surface area contributed by atoms with Crippen LogP contribution in [0, 0.1) is 0 Å². The first-order chi connectivity index (χ1) is 21.5. The van der Waals surface area contributed by atoms with Gasteiger partial charge in [0.15, 0.2) is 17.4 Å². The van der Waals surface area contributed by atoms with Crippen molar-refractivity contribution in [2.24, 2.45) is 22.2 Å². The van der Waals surface area contributed by atoms with Gasteiger partial charge in [-0.1, -0.05) is 25.1 Å². The van der Waals surface area contributed by atoms with Crippen LogP contribution < -0.4 is 33.2 Å². The van der Waals surface area contributed by atoms with Gasteiger partial charge in [0.25, 0.3) is 5.91 Å². The van der Waals surface area contributed by atoms with Gasteiger partial charge in [0.05, 0.1) is 17.9 Å². The van der Waals surface area contributed by atoms with E-state index in [9.17, 15) is 18.4 Å². The number of aryl methyl sites for hydroxylation is 1. The maximum absolute atomic E-state index is 14.3. The smallest absolute Gasteiger partial charge is 0.251 e. The number of hydrogen-bond donors (Lipinski definition) is 6. The molecule has 2 amide bonds. The molecule has 0 aliphatic heterocycles. The summed E-state index contributed by atoms with van der Waals surface area (Å²) in [6, 6.07) is 4.53. The van der Waals surface area contributed by atoms with Crippen LogP contribution in [0.1, 0.15) is 41.4 Å². The summed E-state index contributed by atoms with van der Waals surface area (Å²) in [7, 11) is 0. The summed E-state index contributed by atoms with van der Waals surface area (Å²) < 4.78 is 28.7. The molecule has 0 fully saturated rings. The fraction of sp³-hybridized carbons (Fsp3) is 0.300. The number of aromatic nitrogens is 3. The first-order valence-electron chi connectivity index (χ1n) is 14.1. The zero-order valence-corrected chi connectivity index (χ0v) is 25.6. The van der Waals surface area contributed by atoms with Gasteiger partial charge < -0.3 is 33.2 Å². The van der Waals surface area contributed by atoms with Gasteiger partial charge in [-0.05, 0) is 55.2 Å². The Hall–Kier alpha value is -4.82. The highest BCUT2D eigenvalue weighted by Gasteiger charge is 2.17. The number of aliphatic imine (C=N–C) groups is 1. The van der Waals surface area contributed by atoms with E-state index in [1.165, 1.54) is 24.5 Å². The lowest BCUT2D eigenvalue weighted by Gasteiger charge is -2.14. The van der Waals surface area contributed by atoms with E-state index in [2.05, 4.69) is 37.5 Å². The Bertz CT molecular complexity index is 1620. The molecule has 0 spiro atoms. The van der Waals surface area contributed by atoms with Gasteiger partial charge >= 0.3 is 0 Å². The molecule has 3 rings (SSSR count). The van der Waals surface area contributed by atoms with E-state index in [0.29, 0.717) is 54.2 Å². The monoisotopic (exact) mass is 642 g/mol. The summed E-state index contributed by atoms with van der Waals surface area (Å²) in [5.74, 6) is -0.992. The number of guanidine groups is 1. The minimum Gasteiger partial charge on any atom is -0.370 e. The minimum atomic E-state index is -0.882. The molecule has 0 saturated carbocycles. The molecule has 0 aliphatic carbocycles. The van der Waals surface area contributed by atoms with E-state index < -0.39 is 18.5 Å². The number of hydrogen-bond acceptors (Lipinski definition) is 7. The molecule has 9 N–H and O–H groups in total. The van der Waals surface area contributed by atoms with Crippen LogP contribution in [0.25, 0.3) is 11.2 Å². The third-order valence-electron chi connectivity index (χ3n) is 6.56. The van der Waals surface area contributed by atoms with Crippen molar-refractivity contribution in [1.29, 1.82) is 0 Å². The summed E-state index contributed by atoms with van der Waals surface area (Å²) in [5, 5.41) is 8.63. The van der Waals surface area contributed by atoms with Crippen molar-refractivity contribution >= 4 is 52.1 Å². The predicted octanol–water partition coefficient (Wildman–Crippen LogP) is 3.22. The second-order valence-electron chi connectivity index (χ2n) is 9.80. The molecule has 2 aromatic heterocycles. The van der Waals surface area contributed by atoms with Crippen molar-refractivity contribution in [3.8, 4) is 0 Å². The van der Waals surface area contributed by atoms with Crippen LogP contribution in [0.2, 0.25) is 0 Å². The highest BCUT2D eigenvalue weighted by atomic mass is 35.5. The van der Waals surface area contributed by atoms with Gasteiger partial charge in [-0.2, -0.15) is 0 Å². The van der Waals surface area contributed by atoms with Gasteiger partial charge in [-0.15, -0.1) is 0 Å². The SMILES string of the molecule is C=C(F)/C(=C\C=C(\Cl)CF)c1cnc2c(Nc3ccc(C(=O)NCCNC(=O)[C@H](N)CCCN=C(N)N)c(CC)c3)nccn12. The molecule has 2 heterocycles. The van der Waals surface area contributed by atoms with E-state index >= 15 is 0 Å². The first-order valence-corrected chi connectivity index (χ1v) is 14.5. The third kappa shape index (κ3) is 9.84. The van der Waals surface area contributed by atoms with Gasteiger partial charge in [-0.3, -0.25) is 19.0 Å².